The van der Waals surface area contributed by atoms with Crippen LogP contribution in [-0.4, -0.2) is 11.8 Å². The number of nitrogens with zero attached hydrogens (tertiary/aromatic N) is 1. The second kappa shape index (κ2) is 5.85. The van der Waals surface area contributed by atoms with Crippen molar-refractivity contribution in [1.82, 2.24) is 0 Å². The zero-order chi connectivity index (χ0) is 11.1. The molecule has 0 radical (unpaired) electrons. The van der Waals surface area contributed by atoms with Gasteiger partial charge in [0.05, 0.1) is 12.5 Å². The number of furan rings is 1. The summed E-state index contributed by atoms with van der Waals surface area (Å²) < 4.78 is 4.95. The van der Waals surface area contributed by atoms with Crippen molar-refractivity contribution in [2.24, 2.45) is 16.5 Å². The van der Waals surface area contributed by atoms with E-state index >= 15 is 0 Å². The van der Waals surface area contributed by atoms with Crippen molar-refractivity contribution >= 4 is 11.8 Å². The van der Waals surface area contributed by atoms with Crippen LogP contribution >= 0.6 is 0 Å². The lowest BCUT2D eigenvalue weighted by atomic mass is 10.1. The summed E-state index contributed by atoms with van der Waals surface area (Å²) in [7, 11) is 0. The van der Waals surface area contributed by atoms with Crippen molar-refractivity contribution in [3.63, 3.8) is 0 Å². The highest BCUT2D eigenvalue weighted by Gasteiger charge is 1.97. The molecule has 0 aromatic carbocycles. The van der Waals surface area contributed by atoms with Gasteiger partial charge in [0.2, 0.25) is 5.96 Å². The average Bonchev–Trinajstić information content (AvgIpc) is 2.63. The van der Waals surface area contributed by atoms with Crippen LogP contribution in [0.15, 0.2) is 28.0 Å². The maximum atomic E-state index is 6.92. The van der Waals surface area contributed by atoms with Gasteiger partial charge in [0.15, 0.2) is 0 Å². The van der Waals surface area contributed by atoms with Gasteiger partial charge < -0.3 is 15.9 Å². The number of unbranched alkanes of at least 4 members (excludes halogenated alkanes) is 1. The molecule has 5 heteroatoms. The van der Waals surface area contributed by atoms with Gasteiger partial charge in [-0.25, -0.2) is 4.99 Å². The van der Waals surface area contributed by atoms with E-state index in [1.54, 1.807) is 12.5 Å². The van der Waals surface area contributed by atoms with Crippen molar-refractivity contribution in [3.05, 3.63) is 24.2 Å². The average molecular weight is 208 g/mol. The highest BCUT2D eigenvalue weighted by atomic mass is 16.3. The van der Waals surface area contributed by atoms with Crippen molar-refractivity contribution in [2.75, 3.05) is 0 Å². The molecule has 0 aliphatic heterocycles. The first-order chi connectivity index (χ1) is 7.18. The first kappa shape index (κ1) is 11.3. The molecule has 0 aliphatic rings. The highest BCUT2D eigenvalue weighted by Crippen LogP contribution is 2.06. The maximum Gasteiger partial charge on any atom is 0.214 e. The minimum Gasteiger partial charge on any atom is -0.472 e. The lowest BCUT2D eigenvalue weighted by molar-refractivity contribution is 0.562. The predicted octanol–water partition coefficient (Wildman–Crippen LogP) is 1.24. The van der Waals surface area contributed by atoms with Crippen LogP contribution in [0, 0.1) is 5.41 Å². The van der Waals surface area contributed by atoms with Crippen LogP contribution in [0.2, 0.25) is 0 Å². The van der Waals surface area contributed by atoms with Gasteiger partial charge in [-0.05, 0) is 30.9 Å². The van der Waals surface area contributed by atoms with Crippen molar-refractivity contribution in [3.8, 4) is 0 Å². The number of aliphatic imine (C=N–C) groups is 1. The van der Waals surface area contributed by atoms with Crippen LogP contribution in [0.4, 0.5) is 0 Å². The fourth-order valence-corrected chi connectivity index (χ4v) is 1.28. The van der Waals surface area contributed by atoms with Gasteiger partial charge in [-0.3, -0.25) is 5.41 Å². The third-order valence-corrected chi connectivity index (χ3v) is 1.99. The van der Waals surface area contributed by atoms with Gasteiger partial charge in [0, 0.05) is 6.42 Å². The summed E-state index contributed by atoms with van der Waals surface area (Å²) in [4.78, 5) is 3.65. The Kier molecular flexibility index (Phi) is 4.40. The summed E-state index contributed by atoms with van der Waals surface area (Å²) in [5, 5.41) is 6.92. The number of hydrogen-bond acceptors (Lipinski definition) is 2. The van der Waals surface area contributed by atoms with Gasteiger partial charge in [0.1, 0.15) is 5.84 Å². The first-order valence-corrected chi connectivity index (χ1v) is 4.86. The van der Waals surface area contributed by atoms with E-state index < -0.39 is 0 Å². The number of aryl methyl sites for hydroxylation is 1. The zero-order valence-electron chi connectivity index (χ0n) is 8.57. The smallest absolute Gasteiger partial charge is 0.214 e. The number of guanidine groups is 1. The van der Waals surface area contributed by atoms with Crippen LogP contribution in [0.1, 0.15) is 24.8 Å². The Morgan fingerprint density at radius 3 is 2.80 bits per heavy atom. The molecule has 0 saturated carbocycles. The van der Waals surface area contributed by atoms with Gasteiger partial charge in [-0.1, -0.05) is 0 Å². The van der Waals surface area contributed by atoms with Crippen LogP contribution in [0.3, 0.4) is 0 Å². The monoisotopic (exact) mass is 208 g/mol. The lowest BCUT2D eigenvalue weighted by Gasteiger charge is -1.99. The van der Waals surface area contributed by atoms with Crippen LogP contribution in [0.25, 0.3) is 0 Å². The third kappa shape index (κ3) is 4.85. The Bertz CT molecular complexity index is 329. The SMILES string of the molecule is N=C(N)N=C(N)CCCCc1ccoc1. The Morgan fingerprint density at radius 1 is 1.40 bits per heavy atom. The number of amidine groups is 1. The van der Waals surface area contributed by atoms with E-state index in [-0.39, 0.29) is 5.96 Å². The Hall–Kier alpha value is -1.78. The lowest BCUT2D eigenvalue weighted by Crippen LogP contribution is -2.17. The summed E-state index contributed by atoms with van der Waals surface area (Å²) in [5.74, 6) is 0.192. The first-order valence-electron chi connectivity index (χ1n) is 4.86. The molecule has 5 N–H and O–H groups in total. The fourth-order valence-electron chi connectivity index (χ4n) is 1.28. The molecule has 1 aromatic rings. The Balaban J connectivity index is 2.14. The molecule has 5 nitrogen and oxygen atoms in total. The van der Waals surface area contributed by atoms with E-state index in [9.17, 15) is 0 Å². The van der Waals surface area contributed by atoms with E-state index in [2.05, 4.69) is 4.99 Å². The molecular formula is C10H16N4O. The largest absolute Gasteiger partial charge is 0.472 e. The van der Waals surface area contributed by atoms with Crippen molar-refractivity contribution in [2.45, 2.75) is 25.7 Å². The molecule has 0 fully saturated rings. The van der Waals surface area contributed by atoms with E-state index in [0.29, 0.717) is 12.3 Å². The molecule has 0 unspecified atom stereocenters. The van der Waals surface area contributed by atoms with Gasteiger partial charge in [0.25, 0.3) is 0 Å². The summed E-state index contributed by atoms with van der Waals surface area (Å²) >= 11 is 0. The molecular weight excluding hydrogens is 192 g/mol. The minimum absolute atomic E-state index is 0.234. The molecule has 0 atom stereocenters. The van der Waals surface area contributed by atoms with Gasteiger partial charge in [-0.15, -0.1) is 0 Å². The topological polar surface area (TPSA) is 101 Å². The quantitative estimate of drug-likeness (QED) is 0.385. The highest BCUT2D eigenvalue weighted by molar-refractivity contribution is 5.92. The Morgan fingerprint density at radius 2 is 2.20 bits per heavy atom. The number of hydrogen-bond donors (Lipinski definition) is 3. The molecule has 0 bridgehead atoms. The number of rotatable bonds is 5. The van der Waals surface area contributed by atoms with Crippen LogP contribution in [0.5, 0.6) is 0 Å². The normalized spacial score (nSPS) is 11.6. The van der Waals surface area contributed by atoms with E-state index in [1.165, 1.54) is 5.56 Å². The number of nitrogens with two attached hydrogens (primary N) is 2. The van der Waals surface area contributed by atoms with Gasteiger partial charge in [-0.2, -0.15) is 0 Å². The maximum absolute atomic E-state index is 6.92. The van der Waals surface area contributed by atoms with Crippen molar-refractivity contribution < 1.29 is 4.42 Å². The Labute approximate surface area is 88.7 Å². The second-order valence-corrected chi connectivity index (χ2v) is 3.33. The van der Waals surface area contributed by atoms with E-state index in [0.717, 1.165) is 19.3 Å². The minimum atomic E-state index is -0.234. The summed E-state index contributed by atoms with van der Waals surface area (Å²) in [6, 6.07) is 1.95. The standard InChI is InChI=1S/C10H16N4O/c11-9(14-10(12)13)4-2-1-3-8-5-6-15-7-8/h5-7H,1-4H2,(H5,11,12,13,14). The molecule has 1 rings (SSSR count). The molecule has 0 saturated heterocycles. The molecule has 1 heterocycles. The molecule has 82 valence electrons. The van der Waals surface area contributed by atoms with Crippen molar-refractivity contribution in [1.29, 1.82) is 5.41 Å². The summed E-state index contributed by atoms with van der Waals surface area (Å²) in [5.41, 5.74) is 11.8. The van der Waals surface area contributed by atoms with Crippen LogP contribution in [-0.2, 0) is 6.42 Å². The summed E-state index contributed by atoms with van der Waals surface area (Å²) in [6.45, 7) is 0. The van der Waals surface area contributed by atoms with E-state index in [4.69, 9.17) is 21.3 Å². The fraction of sp³-hybridized carbons (Fsp3) is 0.400. The molecule has 0 spiro atoms. The molecule has 15 heavy (non-hydrogen) atoms. The van der Waals surface area contributed by atoms with Crippen LogP contribution < -0.4 is 11.5 Å². The zero-order valence-corrected chi connectivity index (χ0v) is 8.57. The third-order valence-electron chi connectivity index (χ3n) is 1.99. The molecule has 1 aromatic heterocycles. The predicted molar refractivity (Wildman–Crippen MR) is 59.8 cm³/mol. The van der Waals surface area contributed by atoms with E-state index in [1.807, 2.05) is 6.07 Å². The number of nitrogens with one attached hydrogen (secondary N) is 1. The molecule has 0 aliphatic carbocycles. The second-order valence-electron chi connectivity index (χ2n) is 3.33. The summed E-state index contributed by atoms with van der Waals surface area (Å²) in [6.07, 6.45) is 7.02. The molecule has 0 amide bonds. The van der Waals surface area contributed by atoms with Gasteiger partial charge >= 0.3 is 0 Å².